The van der Waals surface area contributed by atoms with Crippen molar-refractivity contribution in [2.45, 2.75) is 63.7 Å². The maximum Gasteiger partial charge on any atom is 0.326 e. The van der Waals surface area contributed by atoms with Crippen LogP contribution in [-0.4, -0.2) is 82.5 Å². The summed E-state index contributed by atoms with van der Waals surface area (Å²) < 4.78 is 0. The summed E-state index contributed by atoms with van der Waals surface area (Å²) in [5.41, 5.74) is 12.9. The highest BCUT2D eigenvalue weighted by Gasteiger charge is 2.31. The van der Waals surface area contributed by atoms with Crippen molar-refractivity contribution in [2.24, 2.45) is 17.4 Å². The summed E-state index contributed by atoms with van der Waals surface area (Å²) in [7, 11) is 0. The number of amides is 3. The molecule has 0 spiro atoms. The molecule has 1 aromatic heterocycles. The minimum absolute atomic E-state index is 0.0249. The molecule has 3 amide bonds. The molecule has 0 radical (unpaired) electrons. The molecule has 14 heteroatoms. The van der Waals surface area contributed by atoms with Crippen LogP contribution in [0.3, 0.4) is 0 Å². The predicted molar refractivity (Wildman–Crippen MR) is 160 cm³/mol. The molecule has 0 bridgehead atoms. The van der Waals surface area contributed by atoms with Crippen molar-refractivity contribution < 1.29 is 24.3 Å². The summed E-state index contributed by atoms with van der Waals surface area (Å²) in [5.74, 6) is -2.76. The Morgan fingerprint density at radius 1 is 1.00 bits per heavy atom. The zero-order valence-corrected chi connectivity index (χ0v) is 24.5. The molecule has 0 saturated heterocycles. The second-order valence-electron chi connectivity index (χ2n) is 10.1. The quantitative estimate of drug-likeness (QED) is 0.0697. The predicted octanol–water partition coefficient (Wildman–Crippen LogP) is 0.249. The number of hydrogen-bond acceptors (Lipinski definition) is 7. The van der Waals surface area contributed by atoms with Gasteiger partial charge in [0.15, 0.2) is 5.96 Å². The van der Waals surface area contributed by atoms with E-state index < -0.39 is 47.9 Å². The van der Waals surface area contributed by atoms with Gasteiger partial charge in [-0.15, -0.1) is 0 Å². The number of nitrogens with two attached hydrogens (primary N) is 2. The SMILES string of the molecule is CSCC[C@H](NC(=O)[C@@H](N)C(C)C)C(=O)N[C@@H](CCCNC(=N)N)C(=O)N[C@@H](Cc1c[nH]c2ccccc12)C(=O)O. The number of hydrogen-bond donors (Lipinski definition) is 9. The van der Waals surface area contributed by atoms with E-state index in [9.17, 15) is 24.3 Å². The number of para-hydroxylation sites is 1. The fourth-order valence-electron chi connectivity index (χ4n) is 4.14. The van der Waals surface area contributed by atoms with Crippen LogP contribution in [0.15, 0.2) is 30.5 Å². The molecule has 1 aromatic carbocycles. The summed E-state index contributed by atoms with van der Waals surface area (Å²) >= 11 is 1.50. The van der Waals surface area contributed by atoms with Gasteiger partial charge in [0.2, 0.25) is 17.7 Å². The minimum atomic E-state index is -1.26. The van der Waals surface area contributed by atoms with Gasteiger partial charge in [0.05, 0.1) is 6.04 Å². The Morgan fingerprint density at radius 3 is 2.22 bits per heavy atom. The van der Waals surface area contributed by atoms with Gasteiger partial charge in [0.1, 0.15) is 18.1 Å². The van der Waals surface area contributed by atoms with Crippen molar-refractivity contribution in [3.05, 3.63) is 36.0 Å². The van der Waals surface area contributed by atoms with Crippen molar-refractivity contribution in [1.29, 1.82) is 5.41 Å². The van der Waals surface area contributed by atoms with Gasteiger partial charge in [-0.2, -0.15) is 11.8 Å². The lowest BCUT2D eigenvalue weighted by Crippen LogP contribution is -2.57. The Balaban J connectivity index is 2.20. The summed E-state index contributed by atoms with van der Waals surface area (Å²) in [6, 6.07) is 3.33. The lowest BCUT2D eigenvalue weighted by atomic mass is 10.0. The Morgan fingerprint density at radius 2 is 1.61 bits per heavy atom. The van der Waals surface area contributed by atoms with E-state index >= 15 is 0 Å². The largest absolute Gasteiger partial charge is 0.480 e. The van der Waals surface area contributed by atoms with E-state index in [1.54, 1.807) is 20.0 Å². The third-order valence-corrected chi connectivity index (χ3v) is 7.24. The summed E-state index contributed by atoms with van der Waals surface area (Å²) in [4.78, 5) is 54.5. The van der Waals surface area contributed by atoms with Crippen molar-refractivity contribution in [3.8, 4) is 0 Å². The highest BCUT2D eigenvalue weighted by molar-refractivity contribution is 7.98. The first-order valence-corrected chi connectivity index (χ1v) is 14.8. The molecule has 41 heavy (non-hydrogen) atoms. The lowest BCUT2D eigenvalue weighted by Gasteiger charge is -2.26. The number of nitrogens with one attached hydrogen (secondary N) is 6. The van der Waals surface area contributed by atoms with Gasteiger partial charge >= 0.3 is 5.97 Å². The number of carbonyl (C=O) groups is 4. The van der Waals surface area contributed by atoms with E-state index in [1.165, 1.54) is 11.8 Å². The molecule has 0 saturated carbocycles. The fourth-order valence-corrected chi connectivity index (χ4v) is 4.61. The third kappa shape index (κ3) is 10.6. The van der Waals surface area contributed by atoms with Crippen LogP contribution in [0.4, 0.5) is 0 Å². The van der Waals surface area contributed by atoms with Gasteiger partial charge in [0.25, 0.3) is 0 Å². The highest BCUT2D eigenvalue weighted by atomic mass is 32.2. The highest BCUT2D eigenvalue weighted by Crippen LogP contribution is 2.19. The lowest BCUT2D eigenvalue weighted by molar-refractivity contribution is -0.142. The topological polar surface area (TPSA) is 228 Å². The molecule has 13 nitrogen and oxygen atoms in total. The maximum absolute atomic E-state index is 13.4. The Kier molecular flexibility index (Phi) is 13.4. The van der Waals surface area contributed by atoms with E-state index in [0.29, 0.717) is 18.6 Å². The number of guanidine groups is 1. The molecule has 2 rings (SSSR count). The molecule has 4 atom stereocenters. The number of carbonyl (C=O) groups excluding carboxylic acids is 3. The van der Waals surface area contributed by atoms with Crippen LogP contribution in [0.25, 0.3) is 10.9 Å². The average molecular weight is 591 g/mol. The number of rotatable bonds is 17. The Hall–Kier alpha value is -3.78. The molecule has 2 aromatic rings. The zero-order chi connectivity index (χ0) is 30.5. The molecule has 1 heterocycles. The van der Waals surface area contributed by atoms with E-state index in [1.807, 2.05) is 30.5 Å². The van der Waals surface area contributed by atoms with Crippen molar-refractivity contribution in [1.82, 2.24) is 26.3 Å². The number of aliphatic carboxylic acids is 1. The van der Waals surface area contributed by atoms with E-state index in [4.69, 9.17) is 16.9 Å². The van der Waals surface area contributed by atoms with Crippen molar-refractivity contribution in [2.75, 3.05) is 18.6 Å². The molecule has 226 valence electrons. The van der Waals surface area contributed by atoms with Gasteiger partial charge < -0.3 is 42.8 Å². The molecule has 0 fully saturated rings. The second-order valence-corrected chi connectivity index (χ2v) is 11.1. The first kappa shape index (κ1) is 33.4. The molecule has 0 unspecified atom stereocenters. The summed E-state index contributed by atoms with van der Waals surface area (Å²) in [6.07, 6.45) is 4.39. The van der Waals surface area contributed by atoms with Gasteiger partial charge in [-0.1, -0.05) is 32.0 Å². The third-order valence-electron chi connectivity index (χ3n) is 6.60. The first-order chi connectivity index (χ1) is 19.4. The number of benzene rings is 1. The number of aromatic amines is 1. The van der Waals surface area contributed by atoms with Crippen molar-refractivity contribution in [3.63, 3.8) is 0 Å². The number of thioether (sulfide) groups is 1. The van der Waals surface area contributed by atoms with Crippen LogP contribution in [0.5, 0.6) is 0 Å². The minimum Gasteiger partial charge on any atom is -0.480 e. The molecule has 0 aliphatic heterocycles. The van der Waals surface area contributed by atoms with Crippen LogP contribution in [-0.2, 0) is 25.6 Å². The van der Waals surface area contributed by atoms with Crippen molar-refractivity contribution >= 4 is 52.3 Å². The molecular weight excluding hydrogens is 548 g/mol. The number of H-pyrrole nitrogens is 1. The normalized spacial score (nSPS) is 14.1. The van der Waals surface area contributed by atoms with Crippen LogP contribution in [0.1, 0.15) is 38.7 Å². The Labute approximate surface area is 243 Å². The van der Waals surface area contributed by atoms with Crippen LogP contribution in [0.2, 0.25) is 0 Å². The molecule has 0 aliphatic carbocycles. The average Bonchev–Trinajstić information content (AvgIpc) is 3.33. The van der Waals surface area contributed by atoms with Gasteiger partial charge in [0, 0.05) is 30.1 Å². The number of aromatic nitrogens is 1. The van der Waals surface area contributed by atoms with E-state index in [0.717, 1.165) is 16.5 Å². The van der Waals surface area contributed by atoms with Crippen LogP contribution in [0, 0.1) is 11.3 Å². The van der Waals surface area contributed by atoms with E-state index in [2.05, 4.69) is 26.3 Å². The number of fused-ring (bicyclic) bond motifs is 1. The number of carboxylic acid groups (broad SMARTS) is 1. The molecular formula is C27H42N8O5S. The molecule has 11 N–H and O–H groups in total. The standard InChI is InChI=1S/C27H42N8O5S/c1-15(2)22(28)25(38)34-20(10-12-41-3)24(37)33-19(9-6-11-31-27(29)30)23(36)35-21(26(39)40)13-16-14-32-18-8-5-4-7-17(16)18/h4-5,7-8,14-15,19-22,32H,6,9-13,28H2,1-3H3,(H,33,37)(H,34,38)(H,35,36)(H,39,40)(H4,29,30,31)/t19-,20-,21-,22-/m0/s1. The van der Waals surface area contributed by atoms with E-state index in [-0.39, 0.29) is 31.3 Å². The second kappa shape index (κ2) is 16.5. The Bertz CT molecular complexity index is 1200. The maximum atomic E-state index is 13.4. The number of carboxylic acids is 1. The smallest absolute Gasteiger partial charge is 0.326 e. The van der Waals surface area contributed by atoms with Gasteiger partial charge in [-0.3, -0.25) is 19.8 Å². The molecule has 0 aliphatic rings. The summed E-state index contributed by atoms with van der Waals surface area (Å²) in [5, 5.41) is 28.6. The zero-order valence-electron chi connectivity index (χ0n) is 23.7. The van der Waals surface area contributed by atoms with Gasteiger partial charge in [-0.05, 0) is 48.8 Å². The first-order valence-electron chi connectivity index (χ1n) is 13.5. The van der Waals surface area contributed by atoms with Crippen LogP contribution >= 0.6 is 11.8 Å². The monoisotopic (exact) mass is 590 g/mol. The van der Waals surface area contributed by atoms with Crippen LogP contribution < -0.4 is 32.7 Å². The summed E-state index contributed by atoms with van der Waals surface area (Å²) in [6.45, 7) is 3.86. The fraction of sp³-hybridized carbons (Fsp3) is 0.519. The van der Waals surface area contributed by atoms with Gasteiger partial charge in [-0.25, -0.2) is 4.79 Å².